The van der Waals surface area contributed by atoms with Gasteiger partial charge in [0.25, 0.3) is 11.8 Å². The normalized spacial score (nSPS) is 16.3. The third-order valence-electron chi connectivity index (χ3n) is 6.86. The van der Waals surface area contributed by atoms with Crippen molar-refractivity contribution in [2.45, 2.75) is 25.7 Å². The number of amides is 2. The summed E-state index contributed by atoms with van der Waals surface area (Å²) in [6.45, 7) is 0.00386. The predicted molar refractivity (Wildman–Crippen MR) is 190 cm³/mol. The van der Waals surface area contributed by atoms with Crippen LogP contribution in [0.1, 0.15) is 36.8 Å². The summed E-state index contributed by atoms with van der Waals surface area (Å²) in [7, 11) is 3.06. The van der Waals surface area contributed by atoms with Crippen LogP contribution in [0.5, 0.6) is 23.0 Å². The monoisotopic (exact) mass is 732 g/mol. The van der Waals surface area contributed by atoms with Gasteiger partial charge in [0.05, 0.1) is 37.2 Å². The maximum atomic E-state index is 12.5. The summed E-state index contributed by atoms with van der Waals surface area (Å²) in [6.07, 6.45) is 6.74. The number of aliphatic carboxylic acids is 2. The van der Waals surface area contributed by atoms with Crippen molar-refractivity contribution in [3.05, 3.63) is 57.3 Å². The average molecular weight is 733 g/mol. The van der Waals surface area contributed by atoms with Crippen LogP contribution in [0.15, 0.2) is 46.2 Å². The van der Waals surface area contributed by atoms with Crippen molar-refractivity contribution in [2.24, 2.45) is 0 Å². The molecule has 2 aromatic carbocycles. The predicted octanol–water partition coefficient (Wildman–Crippen LogP) is 5.29. The number of ether oxygens (including phenoxy) is 4. The summed E-state index contributed by atoms with van der Waals surface area (Å²) in [6, 6.07) is 10.6. The largest absolute Gasteiger partial charge is 0.493 e. The number of carbonyl (C=O) groups is 4. The van der Waals surface area contributed by atoms with Crippen molar-refractivity contribution in [1.82, 2.24) is 9.80 Å². The molecule has 2 fully saturated rings. The highest BCUT2D eigenvalue weighted by Crippen LogP contribution is 2.36. The zero-order valence-electron chi connectivity index (χ0n) is 26.0. The molecule has 0 aromatic heterocycles. The number of hydrogen-bond acceptors (Lipinski definition) is 12. The number of carboxylic acids is 2. The third kappa shape index (κ3) is 9.71. The Bertz CT molecular complexity index is 1550. The second-order valence-corrected chi connectivity index (χ2v) is 13.6. The van der Waals surface area contributed by atoms with Gasteiger partial charge in [0.15, 0.2) is 23.0 Å². The Balaban J connectivity index is 1.20. The Hall–Kier alpha value is -4.12. The molecule has 0 saturated carbocycles. The van der Waals surface area contributed by atoms with Gasteiger partial charge in [-0.3, -0.25) is 29.0 Å². The molecule has 4 rings (SSSR count). The topological polar surface area (TPSA) is 152 Å². The number of nitrogens with zero attached hydrogens (tertiary/aromatic N) is 2. The molecule has 2 saturated heterocycles. The smallest absolute Gasteiger partial charge is 0.323 e. The van der Waals surface area contributed by atoms with E-state index in [0.29, 0.717) is 57.1 Å². The number of carbonyl (C=O) groups excluding carboxylic acids is 2. The minimum absolute atomic E-state index is 0.202. The van der Waals surface area contributed by atoms with Crippen LogP contribution in [-0.2, 0) is 19.2 Å². The lowest BCUT2D eigenvalue weighted by Crippen LogP contribution is -2.33. The van der Waals surface area contributed by atoms with E-state index in [9.17, 15) is 19.2 Å². The van der Waals surface area contributed by atoms with E-state index in [2.05, 4.69) is 0 Å². The molecule has 0 spiro atoms. The number of thiocarbonyl (C=S) groups is 2. The number of hydrogen-bond donors (Lipinski definition) is 2. The summed E-state index contributed by atoms with van der Waals surface area (Å²) in [5.41, 5.74) is 1.38. The molecular formula is C32H32N2O10S4. The number of unbranched alkanes of at least 4 members (excludes halogenated alkanes) is 3. The molecule has 0 radical (unpaired) electrons. The van der Waals surface area contributed by atoms with E-state index in [1.165, 1.54) is 14.2 Å². The van der Waals surface area contributed by atoms with E-state index in [0.717, 1.165) is 59.0 Å². The van der Waals surface area contributed by atoms with E-state index < -0.39 is 36.8 Å². The van der Waals surface area contributed by atoms with Gasteiger partial charge in [-0.25, -0.2) is 0 Å². The molecule has 0 atom stereocenters. The van der Waals surface area contributed by atoms with Gasteiger partial charge in [0, 0.05) is 0 Å². The van der Waals surface area contributed by atoms with Crippen LogP contribution < -0.4 is 18.9 Å². The molecule has 2 heterocycles. The first-order valence-corrected chi connectivity index (χ1v) is 17.0. The van der Waals surface area contributed by atoms with Gasteiger partial charge in [-0.05, 0) is 73.2 Å². The van der Waals surface area contributed by atoms with Gasteiger partial charge in [0.1, 0.15) is 21.7 Å². The zero-order chi connectivity index (χ0) is 34.8. The highest BCUT2D eigenvalue weighted by atomic mass is 32.2. The zero-order valence-corrected chi connectivity index (χ0v) is 29.2. The van der Waals surface area contributed by atoms with Crippen LogP contribution >= 0.6 is 48.0 Å². The summed E-state index contributed by atoms with van der Waals surface area (Å²) in [4.78, 5) is 49.9. The Kier molecular flexibility index (Phi) is 13.3. The number of carboxylic acid groups (broad SMARTS) is 2. The lowest BCUT2D eigenvalue weighted by atomic mass is 10.1. The molecular weight excluding hydrogens is 701 g/mol. The first kappa shape index (κ1) is 36.7. The first-order chi connectivity index (χ1) is 23.0. The Morgan fingerprint density at radius 2 is 1.08 bits per heavy atom. The van der Waals surface area contributed by atoms with E-state index in [4.69, 9.17) is 53.6 Å². The highest BCUT2D eigenvalue weighted by molar-refractivity contribution is 8.27. The second kappa shape index (κ2) is 17.3. The standard InChI is InChI=1S/C32H32N2O10S4/c1-41-23-13-19(15-25-29(39)33(17-27(35)36)31(45)47-25)7-9-21(23)43-11-5-3-4-6-12-44-22-10-8-20(14-24(22)42-2)16-26-30(40)34(18-28(37)38)32(46)48-26/h7-10,13-16H,3-6,11-12,17-18H2,1-2H3,(H,35,36)(H,37,38)/b25-15-,26-16-. The highest BCUT2D eigenvalue weighted by Gasteiger charge is 2.34. The Morgan fingerprint density at radius 3 is 1.44 bits per heavy atom. The summed E-state index contributed by atoms with van der Waals surface area (Å²) in [5, 5.41) is 18.0. The summed E-state index contributed by atoms with van der Waals surface area (Å²) >= 11 is 12.4. The van der Waals surface area contributed by atoms with Crippen LogP contribution in [0.3, 0.4) is 0 Å². The van der Waals surface area contributed by atoms with Crippen LogP contribution in [0.2, 0.25) is 0 Å². The minimum atomic E-state index is -1.14. The van der Waals surface area contributed by atoms with Crippen LogP contribution in [0, 0.1) is 0 Å². The van der Waals surface area contributed by atoms with Crippen LogP contribution in [0.25, 0.3) is 12.2 Å². The SMILES string of the molecule is COc1cc(/C=C2\SC(=S)N(CC(=O)O)C2=O)ccc1OCCCCCCOc1ccc(/C=C2\SC(=S)N(CC(=O)O)C2=O)cc1OC. The quantitative estimate of drug-likeness (QED) is 0.123. The van der Waals surface area contributed by atoms with Crippen molar-refractivity contribution < 1.29 is 48.3 Å². The fourth-order valence-electron chi connectivity index (χ4n) is 4.55. The molecule has 2 aliphatic heterocycles. The maximum Gasteiger partial charge on any atom is 0.323 e. The lowest BCUT2D eigenvalue weighted by molar-refractivity contribution is -0.140. The molecule has 0 unspecified atom stereocenters. The minimum Gasteiger partial charge on any atom is -0.493 e. The molecule has 0 aliphatic carbocycles. The summed E-state index contributed by atoms with van der Waals surface area (Å²) < 4.78 is 23.2. The van der Waals surface area contributed by atoms with Crippen molar-refractivity contribution in [1.29, 1.82) is 0 Å². The lowest BCUT2D eigenvalue weighted by Gasteiger charge is -2.12. The van der Waals surface area contributed by atoms with Gasteiger partial charge >= 0.3 is 11.9 Å². The maximum absolute atomic E-state index is 12.5. The Labute approximate surface area is 296 Å². The molecule has 16 heteroatoms. The van der Waals surface area contributed by atoms with Gasteiger partial charge in [0.2, 0.25) is 0 Å². The van der Waals surface area contributed by atoms with Crippen molar-refractivity contribution in [3.8, 4) is 23.0 Å². The average Bonchev–Trinajstić information content (AvgIpc) is 3.46. The summed E-state index contributed by atoms with van der Waals surface area (Å²) in [5.74, 6) is -1.01. The van der Waals surface area contributed by atoms with Gasteiger partial charge in [-0.2, -0.15) is 0 Å². The molecule has 2 amide bonds. The molecule has 48 heavy (non-hydrogen) atoms. The van der Waals surface area contributed by atoms with Crippen LogP contribution in [-0.4, -0.2) is 92.9 Å². The second-order valence-electron chi connectivity index (χ2n) is 10.3. The van der Waals surface area contributed by atoms with Gasteiger partial charge < -0.3 is 29.2 Å². The molecule has 12 nitrogen and oxygen atoms in total. The van der Waals surface area contributed by atoms with E-state index in [1.807, 2.05) is 0 Å². The van der Waals surface area contributed by atoms with E-state index >= 15 is 0 Å². The van der Waals surface area contributed by atoms with E-state index in [-0.39, 0.29) is 8.64 Å². The van der Waals surface area contributed by atoms with Crippen molar-refractivity contribution in [2.75, 3.05) is 40.5 Å². The van der Waals surface area contributed by atoms with Gasteiger partial charge in [-0.1, -0.05) is 60.1 Å². The third-order valence-corrected chi connectivity index (χ3v) is 9.61. The van der Waals surface area contributed by atoms with Crippen molar-refractivity contribution >= 4 is 92.5 Å². The fourth-order valence-corrected chi connectivity index (χ4v) is 7.06. The van der Waals surface area contributed by atoms with E-state index in [1.54, 1.807) is 48.6 Å². The molecule has 0 bridgehead atoms. The van der Waals surface area contributed by atoms with Crippen molar-refractivity contribution in [3.63, 3.8) is 0 Å². The van der Waals surface area contributed by atoms with Crippen LogP contribution in [0.4, 0.5) is 0 Å². The number of methoxy groups -OCH3 is 2. The first-order valence-electron chi connectivity index (χ1n) is 14.6. The number of thioether (sulfide) groups is 2. The molecule has 2 aliphatic rings. The Morgan fingerprint density at radius 1 is 0.688 bits per heavy atom. The number of rotatable bonds is 17. The molecule has 2 N–H and O–H groups in total. The van der Waals surface area contributed by atoms with Gasteiger partial charge in [-0.15, -0.1) is 0 Å². The fraction of sp³-hybridized carbons (Fsp3) is 0.312. The molecule has 254 valence electrons. The molecule has 2 aromatic rings. The number of benzene rings is 2.